The number of carbonyl (C=O) groups is 1. The fourth-order valence-electron chi connectivity index (χ4n) is 2.58. The van der Waals surface area contributed by atoms with Gasteiger partial charge >= 0.3 is 5.97 Å². The highest BCUT2D eigenvalue weighted by atomic mass is 35.5. The maximum Gasteiger partial charge on any atom is 0.339 e. The van der Waals surface area contributed by atoms with Crippen molar-refractivity contribution in [2.24, 2.45) is 0 Å². The van der Waals surface area contributed by atoms with E-state index in [1.165, 1.54) is 7.11 Å². The molecule has 0 N–H and O–H groups in total. The molecule has 0 aliphatic rings. The van der Waals surface area contributed by atoms with E-state index in [0.29, 0.717) is 22.2 Å². The summed E-state index contributed by atoms with van der Waals surface area (Å²) >= 11 is 6.20. The van der Waals surface area contributed by atoms with Crippen molar-refractivity contribution in [2.45, 2.75) is 45.4 Å². The van der Waals surface area contributed by atoms with E-state index >= 15 is 0 Å². The van der Waals surface area contributed by atoms with Crippen molar-refractivity contribution in [1.82, 2.24) is 14.6 Å². The highest BCUT2D eigenvalue weighted by molar-refractivity contribution is 6.33. The predicted octanol–water partition coefficient (Wildman–Crippen LogP) is 3.85. The lowest BCUT2D eigenvalue weighted by atomic mass is 9.97. The van der Waals surface area contributed by atoms with Gasteiger partial charge < -0.3 is 4.74 Å². The molecule has 0 aliphatic carbocycles. The molecule has 0 saturated heterocycles. The molecule has 0 aromatic carbocycles. The van der Waals surface area contributed by atoms with E-state index < -0.39 is 5.97 Å². The maximum atomic E-state index is 11.7. The number of pyridine rings is 1. The first-order valence-corrected chi connectivity index (χ1v) is 7.62. The van der Waals surface area contributed by atoms with Gasteiger partial charge in [-0.3, -0.25) is 4.40 Å². The Morgan fingerprint density at radius 3 is 2.57 bits per heavy atom. The first-order valence-electron chi connectivity index (χ1n) is 7.24. The van der Waals surface area contributed by atoms with E-state index in [4.69, 9.17) is 16.3 Å². The van der Waals surface area contributed by atoms with E-state index in [1.807, 2.05) is 4.40 Å². The Morgan fingerprint density at radius 2 is 2.00 bits per heavy atom. The molecule has 0 spiro atoms. The average molecular weight is 310 g/mol. The fraction of sp³-hybridized carbons (Fsp3) is 0.533. The fourth-order valence-corrected chi connectivity index (χ4v) is 2.82. The summed E-state index contributed by atoms with van der Waals surface area (Å²) in [7, 11) is 1.35. The summed E-state index contributed by atoms with van der Waals surface area (Å²) in [6.45, 7) is 4.30. The number of nitrogens with zero attached hydrogens (tertiary/aromatic N) is 3. The topological polar surface area (TPSA) is 56.5 Å². The van der Waals surface area contributed by atoms with E-state index in [-0.39, 0.29) is 0 Å². The normalized spacial score (nSPS) is 11.3. The van der Waals surface area contributed by atoms with Crippen molar-refractivity contribution in [3.8, 4) is 0 Å². The van der Waals surface area contributed by atoms with Gasteiger partial charge in [0.15, 0.2) is 5.65 Å². The third kappa shape index (κ3) is 3.18. The number of halogens is 1. The van der Waals surface area contributed by atoms with Gasteiger partial charge in [-0.25, -0.2) is 4.79 Å². The molecule has 2 heterocycles. The van der Waals surface area contributed by atoms with Crippen LogP contribution < -0.4 is 0 Å². The van der Waals surface area contributed by atoms with Crippen LogP contribution in [0, 0.1) is 0 Å². The van der Waals surface area contributed by atoms with Crippen LogP contribution in [0.3, 0.4) is 0 Å². The van der Waals surface area contributed by atoms with Gasteiger partial charge in [0.25, 0.3) is 0 Å². The Morgan fingerprint density at radius 1 is 1.33 bits per heavy atom. The van der Waals surface area contributed by atoms with Crippen LogP contribution in [-0.4, -0.2) is 27.7 Å². The van der Waals surface area contributed by atoms with E-state index in [0.717, 1.165) is 31.5 Å². The molecule has 0 radical (unpaired) electrons. The lowest BCUT2D eigenvalue weighted by Crippen LogP contribution is -2.07. The van der Waals surface area contributed by atoms with Crippen LogP contribution in [0.5, 0.6) is 0 Å². The third-order valence-corrected chi connectivity index (χ3v) is 3.82. The van der Waals surface area contributed by atoms with Crippen molar-refractivity contribution in [2.75, 3.05) is 7.11 Å². The number of esters is 1. The predicted molar refractivity (Wildman–Crippen MR) is 81.9 cm³/mol. The second-order valence-corrected chi connectivity index (χ2v) is 5.50. The molecule has 21 heavy (non-hydrogen) atoms. The molecule has 0 unspecified atom stereocenters. The molecule has 0 atom stereocenters. The second-order valence-electron chi connectivity index (χ2n) is 5.09. The Hall–Kier alpha value is -1.62. The third-order valence-electron chi connectivity index (χ3n) is 3.55. The molecular formula is C15H20ClN3O2. The van der Waals surface area contributed by atoms with Gasteiger partial charge in [0.05, 0.1) is 17.7 Å². The van der Waals surface area contributed by atoms with E-state index in [2.05, 4.69) is 24.0 Å². The van der Waals surface area contributed by atoms with Gasteiger partial charge in [-0.2, -0.15) is 0 Å². The Balaban J connectivity index is 2.54. The van der Waals surface area contributed by atoms with Gasteiger partial charge in [0.2, 0.25) is 0 Å². The zero-order valence-corrected chi connectivity index (χ0v) is 13.4. The number of methoxy groups -OCH3 is 1. The van der Waals surface area contributed by atoms with Gasteiger partial charge in [-0.1, -0.05) is 38.3 Å². The van der Waals surface area contributed by atoms with Gasteiger partial charge in [0, 0.05) is 12.1 Å². The number of rotatable bonds is 6. The summed E-state index contributed by atoms with van der Waals surface area (Å²) in [6.07, 6.45) is 5.93. The smallest absolute Gasteiger partial charge is 0.339 e. The highest BCUT2D eigenvalue weighted by Gasteiger charge is 2.20. The summed E-state index contributed by atoms with van der Waals surface area (Å²) < 4.78 is 6.58. The minimum atomic E-state index is -0.416. The summed E-state index contributed by atoms with van der Waals surface area (Å²) in [4.78, 5) is 11.7. The van der Waals surface area contributed by atoms with Crippen molar-refractivity contribution in [1.29, 1.82) is 0 Å². The van der Waals surface area contributed by atoms with Crippen LogP contribution in [0.2, 0.25) is 5.02 Å². The van der Waals surface area contributed by atoms with Crippen LogP contribution in [0.15, 0.2) is 12.3 Å². The second kappa shape index (κ2) is 6.89. The summed E-state index contributed by atoms with van der Waals surface area (Å²) in [5, 5.41) is 8.86. The highest BCUT2D eigenvalue weighted by Crippen LogP contribution is 2.28. The average Bonchev–Trinajstić information content (AvgIpc) is 2.90. The standard InChI is InChI=1S/C15H20ClN3O2/c1-4-6-10(7-5-2)13-17-18-14-12(16)8-11(9-19(13)14)15(20)21-3/h8-10H,4-7H2,1-3H3. The maximum absolute atomic E-state index is 11.7. The molecule has 2 aromatic rings. The van der Waals surface area contributed by atoms with Crippen LogP contribution in [0.25, 0.3) is 5.65 Å². The number of ether oxygens (including phenoxy) is 1. The zero-order valence-electron chi connectivity index (χ0n) is 12.6. The van der Waals surface area contributed by atoms with Crippen molar-refractivity contribution >= 4 is 23.2 Å². The molecule has 2 aromatic heterocycles. The number of aromatic nitrogens is 3. The van der Waals surface area contributed by atoms with Crippen molar-refractivity contribution < 1.29 is 9.53 Å². The van der Waals surface area contributed by atoms with Crippen molar-refractivity contribution in [3.05, 3.63) is 28.7 Å². The SMILES string of the molecule is CCCC(CCC)c1nnc2c(Cl)cc(C(=O)OC)cn12. The van der Waals surface area contributed by atoms with Crippen LogP contribution in [0.1, 0.15) is 61.6 Å². The largest absolute Gasteiger partial charge is 0.465 e. The molecule has 5 nitrogen and oxygen atoms in total. The molecule has 114 valence electrons. The van der Waals surface area contributed by atoms with Gasteiger partial charge in [-0.05, 0) is 18.9 Å². The zero-order chi connectivity index (χ0) is 15.4. The number of carbonyl (C=O) groups excluding carboxylic acids is 1. The number of hydrogen-bond acceptors (Lipinski definition) is 4. The van der Waals surface area contributed by atoms with Crippen LogP contribution in [-0.2, 0) is 4.74 Å². The first-order chi connectivity index (χ1) is 10.1. The summed E-state index contributed by atoms with van der Waals surface area (Å²) in [6, 6.07) is 1.57. The van der Waals surface area contributed by atoms with Gasteiger partial charge in [0.1, 0.15) is 5.82 Å². The van der Waals surface area contributed by atoms with Gasteiger partial charge in [-0.15, -0.1) is 10.2 Å². The first kappa shape index (κ1) is 15.8. The Labute approximate surface area is 129 Å². The lowest BCUT2D eigenvalue weighted by Gasteiger charge is -2.13. The summed E-state index contributed by atoms with van der Waals surface area (Å²) in [5.74, 6) is 0.765. The Bertz CT molecular complexity index is 633. The molecule has 0 amide bonds. The molecular weight excluding hydrogens is 290 g/mol. The molecule has 2 rings (SSSR count). The van der Waals surface area contributed by atoms with E-state index in [1.54, 1.807) is 12.3 Å². The van der Waals surface area contributed by atoms with E-state index in [9.17, 15) is 4.79 Å². The molecule has 0 aliphatic heterocycles. The molecule has 0 saturated carbocycles. The molecule has 6 heteroatoms. The van der Waals surface area contributed by atoms with Crippen molar-refractivity contribution in [3.63, 3.8) is 0 Å². The summed E-state index contributed by atoms with van der Waals surface area (Å²) in [5.41, 5.74) is 0.985. The molecule has 0 fully saturated rings. The quantitative estimate of drug-likeness (QED) is 0.760. The number of fused-ring (bicyclic) bond motifs is 1. The van der Waals surface area contributed by atoms with Crippen LogP contribution >= 0.6 is 11.6 Å². The monoisotopic (exact) mass is 309 g/mol. The van der Waals surface area contributed by atoms with Crippen LogP contribution in [0.4, 0.5) is 0 Å². The Kier molecular flexibility index (Phi) is 5.17. The minimum absolute atomic E-state index is 0.318. The minimum Gasteiger partial charge on any atom is -0.465 e. The lowest BCUT2D eigenvalue weighted by molar-refractivity contribution is 0.0600. The number of hydrogen-bond donors (Lipinski definition) is 0. The molecule has 0 bridgehead atoms.